The summed E-state index contributed by atoms with van der Waals surface area (Å²) in [6, 6.07) is 14.8. The number of benzene rings is 2. The van der Waals surface area contributed by atoms with E-state index in [9.17, 15) is 5.11 Å². The predicted molar refractivity (Wildman–Crippen MR) is 85.3 cm³/mol. The van der Waals surface area contributed by atoms with Gasteiger partial charge in [-0.1, -0.05) is 41.9 Å². The molecular weight excluding hydrogens is 316 g/mol. The van der Waals surface area contributed by atoms with Crippen molar-refractivity contribution in [2.45, 2.75) is 19.6 Å². The quantitative estimate of drug-likeness (QED) is 0.772. The molecule has 6 heteroatoms. The van der Waals surface area contributed by atoms with Crippen molar-refractivity contribution >= 4 is 11.6 Å². The highest BCUT2D eigenvalue weighted by Gasteiger charge is 2.18. The molecule has 3 aromatic rings. The van der Waals surface area contributed by atoms with Gasteiger partial charge in [0.15, 0.2) is 6.10 Å². The van der Waals surface area contributed by atoms with Crippen LogP contribution in [0.2, 0.25) is 5.02 Å². The molecule has 0 aliphatic heterocycles. The van der Waals surface area contributed by atoms with Gasteiger partial charge in [0, 0.05) is 11.9 Å². The first-order valence-electron chi connectivity index (χ1n) is 7.07. The molecule has 0 bridgehead atoms. The smallest absolute Gasteiger partial charge is 0.249 e. The highest BCUT2D eigenvalue weighted by Crippen LogP contribution is 2.28. The molecule has 1 atom stereocenters. The molecule has 1 N–H and O–H groups in total. The maximum absolute atomic E-state index is 10.3. The van der Waals surface area contributed by atoms with E-state index in [1.807, 2.05) is 30.3 Å². The highest BCUT2D eigenvalue weighted by atomic mass is 35.5. The highest BCUT2D eigenvalue weighted by molar-refractivity contribution is 6.30. The van der Waals surface area contributed by atoms with Gasteiger partial charge in [-0.05, 0) is 29.3 Å². The molecular formula is C17H15ClN2O3. The number of aliphatic hydroxyl groups is 1. The summed E-state index contributed by atoms with van der Waals surface area (Å²) >= 11 is 6.11. The molecule has 23 heavy (non-hydrogen) atoms. The first kappa shape index (κ1) is 15.5. The Balaban J connectivity index is 1.78. The molecule has 1 aromatic heterocycles. The SMILES string of the molecule is Cc1nnc(C(O)c2cc(Cl)cc(OCc3ccccc3)c2)o1. The fourth-order valence-corrected chi connectivity index (χ4v) is 2.36. The summed E-state index contributed by atoms with van der Waals surface area (Å²) in [5.41, 5.74) is 1.58. The molecule has 2 aromatic carbocycles. The van der Waals surface area contributed by atoms with Gasteiger partial charge < -0.3 is 14.3 Å². The maximum atomic E-state index is 10.3. The third-order valence-electron chi connectivity index (χ3n) is 3.23. The number of ether oxygens (including phenoxy) is 1. The van der Waals surface area contributed by atoms with Crippen molar-refractivity contribution in [3.8, 4) is 5.75 Å². The molecule has 0 aliphatic carbocycles. The van der Waals surface area contributed by atoms with Gasteiger partial charge in [-0.2, -0.15) is 0 Å². The Labute approximate surface area is 138 Å². The van der Waals surface area contributed by atoms with Gasteiger partial charge in [0.05, 0.1) is 0 Å². The van der Waals surface area contributed by atoms with E-state index in [0.717, 1.165) is 5.56 Å². The average Bonchev–Trinajstić information content (AvgIpc) is 2.99. The Kier molecular flexibility index (Phi) is 4.60. The molecule has 0 spiro atoms. The van der Waals surface area contributed by atoms with Crippen LogP contribution < -0.4 is 4.74 Å². The minimum absolute atomic E-state index is 0.124. The van der Waals surface area contributed by atoms with E-state index in [2.05, 4.69) is 10.2 Å². The summed E-state index contributed by atoms with van der Waals surface area (Å²) in [7, 11) is 0. The second kappa shape index (κ2) is 6.81. The molecule has 0 amide bonds. The van der Waals surface area contributed by atoms with Crippen LogP contribution in [0.25, 0.3) is 0 Å². The van der Waals surface area contributed by atoms with E-state index >= 15 is 0 Å². The number of halogens is 1. The van der Waals surface area contributed by atoms with E-state index < -0.39 is 6.10 Å². The van der Waals surface area contributed by atoms with Gasteiger partial charge in [-0.15, -0.1) is 10.2 Å². The standard InChI is InChI=1S/C17H15ClN2O3/c1-11-19-20-17(23-11)16(21)13-7-14(18)9-15(8-13)22-10-12-5-3-2-4-6-12/h2-9,16,21H,10H2,1H3. The number of aliphatic hydroxyl groups excluding tert-OH is 1. The fraction of sp³-hybridized carbons (Fsp3) is 0.176. The molecule has 0 radical (unpaired) electrons. The van der Waals surface area contributed by atoms with Crippen molar-refractivity contribution in [3.63, 3.8) is 0 Å². The number of hydrogen-bond donors (Lipinski definition) is 1. The summed E-state index contributed by atoms with van der Waals surface area (Å²) in [5.74, 6) is 1.08. The predicted octanol–water partition coefficient (Wildman–Crippen LogP) is 3.69. The summed E-state index contributed by atoms with van der Waals surface area (Å²) in [5, 5.41) is 18.3. The molecule has 1 unspecified atom stereocenters. The van der Waals surface area contributed by atoms with E-state index in [1.54, 1.807) is 25.1 Å². The lowest BCUT2D eigenvalue weighted by atomic mass is 10.1. The summed E-state index contributed by atoms with van der Waals surface area (Å²) < 4.78 is 11.0. The van der Waals surface area contributed by atoms with Crippen LogP contribution in [0.5, 0.6) is 5.75 Å². The largest absolute Gasteiger partial charge is 0.489 e. The lowest BCUT2D eigenvalue weighted by molar-refractivity contribution is 0.180. The summed E-state index contributed by atoms with van der Waals surface area (Å²) in [6.07, 6.45) is -1.05. The normalized spacial score (nSPS) is 12.1. The van der Waals surface area contributed by atoms with Gasteiger partial charge >= 0.3 is 0 Å². The van der Waals surface area contributed by atoms with E-state index in [-0.39, 0.29) is 5.89 Å². The molecule has 0 saturated heterocycles. The Hall–Kier alpha value is -2.37. The van der Waals surface area contributed by atoms with Crippen molar-refractivity contribution < 1.29 is 14.3 Å². The van der Waals surface area contributed by atoms with E-state index in [1.165, 1.54) is 0 Å². The number of hydrogen-bond acceptors (Lipinski definition) is 5. The van der Waals surface area contributed by atoms with Gasteiger partial charge in [-0.3, -0.25) is 0 Å². The van der Waals surface area contributed by atoms with Crippen LogP contribution in [0.15, 0.2) is 52.9 Å². The van der Waals surface area contributed by atoms with Gasteiger partial charge in [-0.25, -0.2) is 0 Å². The Bertz CT molecular complexity index is 790. The van der Waals surface area contributed by atoms with Crippen LogP contribution >= 0.6 is 11.6 Å². The van der Waals surface area contributed by atoms with Crippen molar-refractivity contribution in [1.29, 1.82) is 0 Å². The van der Waals surface area contributed by atoms with E-state index in [0.29, 0.717) is 28.8 Å². The molecule has 3 rings (SSSR count). The van der Waals surface area contributed by atoms with Crippen molar-refractivity contribution in [2.75, 3.05) is 0 Å². The zero-order chi connectivity index (χ0) is 16.2. The number of rotatable bonds is 5. The lowest BCUT2D eigenvalue weighted by Crippen LogP contribution is -2.02. The third kappa shape index (κ3) is 3.88. The van der Waals surface area contributed by atoms with Crippen LogP contribution in [0, 0.1) is 6.92 Å². The molecule has 0 aliphatic rings. The summed E-state index contributed by atoms with van der Waals surface area (Å²) in [6.45, 7) is 2.08. The van der Waals surface area contributed by atoms with Gasteiger partial charge in [0.2, 0.25) is 11.8 Å². The van der Waals surface area contributed by atoms with Crippen LogP contribution in [0.1, 0.15) is 29.0 Å². The third-order valence-corrected chi connectivity index (χ3v) is 3.45. The van der Waals surface area contributed by atoms with Crippen LogP contribution in [-0.4, -0.2) is 15.3 Å². The number of aromatic nitrogens is 2. The van der Waals surface area contributed by atoms with Gasteiger partial charge in [0.1, 0.15) is 12.4 Å². The fourth-order valence-electron chi connectivity index (χ4n) is 2.13. The Morgan fingerprint density at radius 1 is 1.17 bits per heavy atom. The van der Waals surface area contributed by atoms with Crippen molar-refractivity contribution in [2.24, 2.45) is 0 Å². The molecule has 5 nitrogen and oxygen atoms in total. The second-order valence-corrected chi connectivity index (χ2v) is 5.49. The van der Waals surface area contributed by atoms with Crippen molar-refractivity contribution in [1.82, 2.24) is 10.2 Å². The van der Waals surface area contributed by atoms with Crippen LogP contribution in [0.4, 0.5) is 0 Å². The van der Waals surface area contributed by atoms with Crippen LogP contribution in [0.3, 0.4) is 0 Å². The Morgan fingerprint density at radius 2 is 1.96 bits per heavy atom. The zero-order valence-electron chi connectivity index (χ0n) is 12.4. The monoisotopic (exact) mass is 330 g/mol. The lowest BCUT2D eigenvalue weighted by Gasteiger charge is -2.11. The minimum Gasteiger partial charge on any atom is -0.489 e. The van der Waals surface area contributed by atoms with E-state index in [4.69, 9.17) is 20.8 Å². The first-order chi connectivity index (χ1) is 11.1. The minimum atomic E-state index is -1.05. The molecule has 1 heterocycles. The average molecular weight is 331 g/mol. The molecule has 0 fully saturated rings. The first-order valence-corrected chi connectivity index (χ1v) is 7.45. The molecule has 0 saturated carbocycles. The Morgan fingerprint density at radius 3 is 2.65 bits per heavy atom. The number of aryl methyl sites for hydroxylation is 1. The zero-order valence-corrected chi connectivity index (χ0v) is 13.2. The topological polar surface area (TPSA) is 68.4 Å². The molecule has 118 valence electrons. The van der Waals surface area contributed by atoms with Crippen molar-refractivity contribution in [3.05, 3.63) is 76.5 Å². The number of nitrogens with zero attached hydrogens (tertiary/aromatic N) is 2. The maximum Gasteiger partial charge on any atom is 0.249 e. The second-order valence-electron chi connectivity index (χ2n) is 5.06. The van der Waals surface area contributed by atoms with Crippen LogP contribution in [-0.2, 0) is 6.61 Å². The summed E-state index contributed by atoms with van der Waals surface area (Å²) in [4.78, 5) is 0. The van der Waals surface area contributed by atoms with Gasteiger partial charge in [0.25, 0.3) is 0 Å².